The third kappa shape index (κ3) is 5.00. The lowest BCUT2D eigenvalue weighted by Crippen LogP contribution is -2.39. The smallest absolute Gasteiger partial charge is 0.295 e. The first-order chi connectivity index (χ1) is 17.4. The number of aliphatic hydroxyl groups is 1. The van der Waals surface area contributed by atoms with Gasteiger partial charge in [0, 0.05) is 36.8 Å². The zero-order chi connectivity index (χ0) is 25.8. The molecule has 0 aromatic heterocycles. The standard InChI is InChI=1S/C26H29ClN2O7/c1-34-20-6-3-5-17(25(20)35-2)22-21(23(31)18-15-16(27)7-8-19(18)30)24(32)26(33)29(22)10-4-9-28-11-13-36-14-12-28/h3,5-8,15,22,30-31H,4,9-14H2,1-2H3/t22-/m0/s1. The molecule has 0 bridgehead atoms. The Kier molecular flexibility index (Phi) is 8.03. The molecule has 2 saturated heterocycles. The fourth-order valence-corrected chi connectivity index (χ4v) is 4.87. The van der Waals surface area contributed by atoms with Crippen LogP contribution in [-0.4, -0.2) is 85.3 Å². The number of Topliss-reactive ketones (excluding diaryl/α,β-unsaturated/α-hetero) is 1. The molecule has 2 aliphatic rings. The molecule has 2 N–H and O–H groups in total. The molecule has 0 radical (unpaired) electrons. The van der Waals surface area contributed by atoms with Crippen molar-refractivity contribution in [2.75, 3.05) is 53.6 Å². The van der Waals surface area contributed by atoms with Gasteiger partial charge in [0.05, 0.1) is 44.6 Å². The Balaban J connectivity index is 1.79. The van der Waals surface area contributed by atoms with E-state index in [-0.39, 0.29) is 28.5 Å². The number of benzene rings is 2. The number of ether oxygens (including phenoxy) is 3. The van der Waals surface area contributed by atoms with Gasteiger partial charge in [-0.1, -0.05) is 23.7 Å². The second-order valence-corrected chi connectivity index (χ2v) is 8.98. The summed E-state index contributed by atoms with van der Waals surface area (Å²) < 4.78 is 16.4. The Morgan fingerprint density at radius 3 is 2.56 bits per heavy atom. The molecule has 0 unspecified atom stereocenters. The topological polar surface area (TPSA) is 109 Å². The van der Waals surface area contributed by atoms with Crippen LogP contribution in [0.15, 0.2) is 42.0 Å². The van der Waals surface area contributed by atoms with Crippen LogP contribution in [-0.2, 0) is 14.3 Å². The average Bonchev–Trinajstić information content (AvgIpc) is 3.14. The fourth-order valence-electron chi connectivity index (χ4n) is 4.69. The van der Waals surface area contributed by atoms with Crippen molar-refractivity contribution >= 4 is 29.1 Å². The number of rotatable bonds is 8. The van der Waals surface area contributed by atoms with Crippen LogP contribution < -0.4 is 9.47 Å². The van der Waals surface area contributed by atoms with Crippen molar-refractivity contribution in [3.05, 3.63) is 58.1 Å². The molecule has 0 aliphatic carbocycles. The number of ketones is 1. The summed E-state index contributed by atoms with van der Waals surface area (Å²) in [4.78, 5) is 30.2. The monoisotopic (exact) mass is 516 g/mol. The lowest BCUT2D eigenvalue weighted by molar-refractivity contribution is -0.140. The van der Waals surface area contributed by atoms with Crippen molar-refractivity contribution in [3.63, 3.8) is 0 Å². The number of phenolic OH excluding ortho intramolecular Hbond substituents is 1. The fraction of sp³-hybridized carbons (Fsp3) is 0.385. The molecular formula is C26H29ClN2O7. The van der Waals surface area contributed by atoms with Gasteiger partial charge in [-0.2, -0.15) is 0 Å². The van der Waals surface area contributed by atoms with Crippen LogP contribution in [0.5, 0.6) is 17.2 Å². The number of halogens is 1. The first-order valence-electron chi connectivity index (χ1n) is 11.7. The third-order valence-electron chi connectivity index (χ3n) is 6.46. The van der Waals surface area contributed by atoms with Crippen LogP contribution in [0.2, 0.25) is 5.02 Å². The van der Waals surface area contributed by atoms with E-state index in [1.54, 1.807) is 18.2 Å². The summed E-state index contributed by atoms with van der Waals surface area (Å²) in [7, 11) is 2.96. The Bertz CT molecular complexity index is 1180. The zero-order valence-electron chi connectivity index (χ0n) is 20.2. The van der Waals surface area contributed by atoms with Crippen LogP contribution in [0, 0.1) is 0 Å². The molecule has 0 spiro atoms. The van der Waals surface area contributed by atoms with E-state index in [4.69, 9.17) is 25.8 Å². The van der Waals surface area contributed by atoms with Gasteiger partial charge in [-0.25, -0.2) is 0 Å². The van der Waals surface area contributed by atoms with Crippen molar-refractivity contribution in [2.45, 2.75) is 12.5 Å². The van der Waals surface area contributed by atoms with Crippen LogP contribution >= 0.6 is 11.6 Å². The number of morpholine rings is 1. The molecule has 4 rings (SSSR count). The van der Waals surface area contributed by atoms with Gasteiger partial charge in [0.15, 0.2) is 11.5 Å². The number of likely N-dealkylation sites (tertiary alicyclic amines) is 1. The van der Waals surface area contributed by atoms with Crippen molar-refractivity contribution in [1.29, 1.82) is 0 Å². The van der Waals surface area contributed by atoms with E-state index in [0.29, 0.717) is 36.7 Å². The molecule has 2 fully saturated rings. The number of amides is 1. The largest absolute Gasteiger partial charge is 0.507 e. The van der Waals surface area contributed by atoms with Crippen LogP contribution in [0.25, 0.3) is 5.76 Å². The molecule has 2 aromatic carbocycles. The molecule has 1 amide bonds. The average molecular weight is 517 g/mol. The molecule has 9 nitrogen and oxygen atoms in total. The Hall–Kier alpha value is -3.27. The highest BCUT2D eigenvalue weighted by Crippen LogP contribution is 2.46. The van der Waals surface area contributed by atoms with Crippen molar-refractivity contribution in [3.8, 4) is 17.2 Å². The van der Waals surface area contributed by atoms with Crippen molar-refractivity contribution in [1.82, 2.24) is 9.80 Å². The molecular weight excluding hydrogens is 488 g/mol. The number of aromatic hydroxyl groups is 1. The second kappa shape index (κ2) is 11.2. The summed E-state index contributed by atoms with van der Waals surface area (Å²) in [6, 6.07) is 8.31. The number of aliphatic hydroxyl groups excluding tert-OH is 1. The minimum absolute atomic E-state index is 0.0410. The summed E-state index contributed by atoms with van der Waals surface area (Å²) in [5.41, 5.74) is 0.279. The van der Waals surface area contributed by atoms with E-state index >= 15 is 0 Å². The summed E-state index contributed by atoms with van der Waals surface area (Å²) in [5.74, 6) is -1.63. The number of nitrogens with zero attached hydrogens (tertiary/aromatic N) is 2. The van der Waals surface area contributed by atoms with Gasteiger partial charge in [-0.15, -0.1) is 0 Å². The summed E-state index contributed by atoms with van der Waals surface area (Å²) in [5, 5.41) is 21.9. The number of phenols is 1. The highest BCUT2D eigenvalue weighted by molar-refractivity contribution is 6.46. The number of carbonyl (C=O) groups excluding carboxylic acids is 2. The first-order valence-corrected chi connectivity index (χ1v) is 12.0. The van der Waals surface area contributed by atoms with Gasteiger partial charge >= 0.3 is 0 Å². The molecule has 36 heavy (non-hydrogen) atoms. The predicted molar refractivity (Wildman–Crippen MR) is 134 cm³/mol. The van der Waals surface area contributed by atoms with Crippen LogP contribution in [0.3, 0.4) is 0 Å². The lowest BCUT2D eigenvalue weighted by atomic mass is 9.94. The van der Waals surface area contributed by atoms with E-state index in [1.807, 2.05) is 0 Å². The zero-order valence-corrected chi connectivity index (χ0v) is 21.0. The summed E-state index contributed by atoms with van der Waals surface area (Å²) in [6.07, 6.45) is 0.609. The maximum atomic E-state index is 13.3. The normalized spacial score (nSPS) is 20.1. The van der Waals surface area contributed by atoms with Crippen LogP contribution in [0.1, 0.15) is 23.6 Å². The van der Waals surface area contributed by atoms with Gasteiger partial charge in [0.1, 0.15) is 11.5 Å². The van der Waals surface area contributed by atoms with E-state index < -0.39 is 23.5 Å². The highest BCUT2D eigenvalue weighted by atomic mass is 35.5. The number of hydrogen-bond acceptors (Lipinski definition) is 8. The predicted octanol–water partition coefficient (Wildman–Crippen LogP) is 3.21. The Morgan fingerprint density at radius 1 is 1.11 bits per heavy atom. The SMILES string of the molecule is COc1cccc([C@H]2C(=C(O)c3cc(Cl)ccc3O)C(=O)C(=O)N2CCCN2CCOCC2)c1OC. The molecule has 2 aliphatic heterocycles. The molecule has 192 valence electrons. The number of methoxy groups -OCH3 is 2. The Morgan fingerprint density at radius 2 is 1.86 bits per heavy atom. The molecule has 2 aromatic rings. The number of para-hydroxylation sites is 1. The number of hydrogen-bond donors (Lipinski definition) is 2. The molecule has 2 heterocycles. The first kappa shape index (κ1) is 25.8. The van der Waals surface area contributed by atoms with Gasteiger partial charge in [-0.3, -0.25) is 14.5 Å². The maximum absolute atomic E-state index is 13.3. The lowest BCUT2D eigenvalue weighted by Gasteiger charge is -2.30. The third-order valence-corrected chi connectivity index (χ3v) is 6.69. The van der Waals surface area contributed by atoms with Crippen molar-refractivity contribution in [2.24, 2.45) is 0 Å². The summed E-state index contributed by atoms with van der Waals surface area (Å²) >= 11 is 6.09. The number of carbonyl (C=O) groups is 2. The quantitative estimate of drug-likeness (QED) is 0.313. The van der Waals surface area contributed by atoms with Crippen molar-refractivity contribution < 1.29 is 34.0 Å². The van der Waals surface area contributed by atoms with Gasteiger partial charge < -0.3 is 29.3 Å². The van der Waals surface area contributed by atoms with Gasteiger partial charge in [0.2, 0.25) is 0 Å². The second-order valence-electron chi connectivity index (χ2n) is 8.54. The van der Waals surface area contributed by atoms with E-state index in [0.717, 1.165) is 19.6 Å². The minimum atomic E-state index is -0.960. The highest BCUT2D eigenvalue weighted by Gasteiger charge is 2.47. The van der Waals surface area contributed by atoms with Crippen LogP contribution in [0.4, 0.5) is 0 Å². The summed E-state index contributed by atoms with van der Waals surface area (Å²) in [6.45, 7) is 3.93. The molecule has 10 heteroatoms. The molecule has 0 saturated carbocycles. The van der Waals surface area contributed by atoms with Gasteiger partial charge in [-0.05, 0) is 30.7 Å². The minimum Gasteiger partial charge on any atom is -0.507 e. The Labute approximate surface area is 214 Å². The molecule has 1 atom stereocenters. The van der Waals surface area contributed by atoms with Gasteiger partial charge in [0.25, 0.3) is 11.7 Å². The van der Waals surface area contributed by atoms with E-state index in [1.165, 1.54) is 37.3 Å². The van der Waals surface area contributed by atoms with E-state index in [2.05, 4.69) is 4.90 Å². The maximum Gasteiger partial charge on any atom is 0.295 e. The van der Waals surface area contributed by atoms with E-state index in [9.17, 15) is 19.8 Å².